The molecular weight excluding hydrogens is 593 g/mol. The molecule has 0 aliphatic rings. The Bertz CT molecular complexity index is 2630. The van der Waals surface area contributed by atoms with Gasteiger partial charge in [-0.2, -0.15) is 0 Å². The van der Waals surface area contributed by atoms with Crippen LogP contribution in [-0.2, 0) is 5.41 Å². The van der Waals surface area contributed by atoms with Gasteiger partial charge in [-0.3, -0.25) is 0 Å². The molecule has 9 rings (SSSR count). The van der Waals surface area contributed by atoms with Crippen molar-refractivity contribution in [3.8, 4) is 22.5 Å². The topological polar surface area (TPSA) is 9.86 Å². The van der Waals surface area contributed by atoms with Crippen LogP contribution in [0.3, 0.4) is 0 Å². The van der Waals surface area contributed by atoms with E-state index in [2.05, 4.69) is 195 Å². The molecule has 236 valence electrons. The first-order valence-corrected chi connectivity index (χ1v) is 17.2. The van der Waals surface area contributed by atoms with Crippen molar-refractivity contribution in [2.24, 2.45) is 0 Å². The van der Waals surface area contributed by atoms with Crippen molar-refractivity contribution < 1.29 is 0 Å². The van der Waals surface area contributed by atoms with E-state index in [0.29, 0.717) is 0 Å². The number of para-hydroxylation sites is 1. The van der Waals surface area contributed by atoms with Gasteiger partial charge in [0.15, 0.2) is 0 Å². The minimum Gasteiger partial charge on any atom is -0.309 e. The Labute approximate surface area is 287 Å². The van der Waals surface area contributed by atoms with Crippen LogP contribution >= 0.6 is 0 Å². The Morgan fingerprint density at radius 1 is 0.408 bits per heavy atom. The summed E-state index contributed by atoms with van der Waals surface area (Å²) in [5.41, 5.74) is 14.6. The monoisotopic (exact) mass is 630 g/mol. The molecule has 49 heavy (non-hydrogen) atoms. The summed E-state index contributed by atoms with van der Waals surface area (Å²) in [5, 5.41) is 5.08. The number of aryl methyl sites for hydroxylation is 2. The third-order valence-corrected chi connectivity index (χ3v) is 10.5. The summed E-state index contributed by atoms with van der Waals surface area (Å²) >= 11 is 0. The maximum atomic E-state index is 2.49. The van der Waals surface area contributed by atoms with Crippen LogP contribution in [0.5, 0.6) is 0 Å². The normalized spacial score (nSPS) is 12.1. The smallest absolute Gasteiger partial charge is 0.0542 e. The van der Waals surface area contributed by atoms with Crippen molar-refractivity contribution in [2.75, 3.05) is 0 Å². The number of fused-ring (bicyclic) bond motifs is 6. The highest BCUT2D eigenvalue weighted by Crippen LogP contribution is 2.42. The Morgan fingerprint density at radius 2 is 0.918 bits per heavy atom. The van der Waals surface area contributed by atoms with E-state index in [4.69, 9.17) is 0 Å². The Morgan fingerprint density at radius 3 is 1.59 bits per heavy atom. The molecule has 0 bridgehead atoms. The zero-order chi connectivity index (χ0) is 33.3. The second kappa shape index (κ2) is 11.1. The molecule has 2 aromatic heterocycles. The lowest BCUT2D eigenvalue weighted by Gasteiger charge is -2.29. The molecule has 9 aromatic rings. The summed E-state index contributed by atoms with van der Waals surface area (Å²) in [6.07, 6.45) is 0. The molecule has 0 aliphatic carbocycles. The fourth-order valence-electron chi connectivity index (χ4n) is 7.96. The predicted molar refractivity (Wildman–Crippen MR) is 209 cm³/mol. The molecule has 0 spiro atoms. The van der Waals surface area contributed by atoms with Crippen LogP contribution in [0.4, 0.5) is 0 Å². The van der Waals surface area contributed by atoms with Crippen molar-refractivity contribution in [1.29, 1.82) is 0 Å². The minimum absolute atomic E-state index is 0.204. The lowest BCUT2D eigenvalue weighted by molar-refractivity contribution is 0.637. The van der Waals surface area contributed by atoms with Gasteiger partial charge in [-0.15, -0.1) is 0 Å². The van der Waals surface area contributed by atoms with Crippen LogP contribution in [0.25, 0.3) is 66.1 Å². The average molecular weight is 631 g/mol. The summed E-state index contributed by atoms with van der Waals surface area (Å²) in [6.45, 7) is 9.04. The van der Waals surface area contributed by atoms with Gasteiger partial charge < -0.3 is 9.13 Å². The zero-order valence-electron chi connectivity index (χ0n) is 28.4. The first-order chi connectivity index (χ1) is 23.9. The summed E-state index contributed by atoms with van der Waals surface area (Å²) < 4.78 is 4.93. The van der Waals surface area contributed by atoms with E-state index in [9.17, 15) is 0 Å². The molecule has 0 unspecified atom stereocenters. The second-order valence-corrected chi connectivity index (χ2v) is 14.0. The number of nitrogens with zero attached hydrogens (tertiary/aromatic N) is 2. The SMILES string of the molecule is Cc1ccc2c(c1)c1cc(C)ccc1n2-c1ccc2c(c1)c1cc(-c3ccccc3)ccc1n2-c1ccccc1C(C)(C)c1ccccc1. The van der Waals surface area contributed by atoms with Crippen LogP contribution in [0.1, 0.15) is 36.1 Å². The van der Waals surface area contributed by atoms with Crippen LogP contribution in [0.2, 0.25) is 0 Å². The fourth-order valence-corrected chi connectivity index (χ4v) is 7.96. The molecule has 2 nitrogen and oxygen atoms in total. The lowest BCUT2D eigenvalue weighted by atomic mass is 9.77. The molecule has 2 heterocycles. The molecule has 0 N–H and O–H groups in total. The van der Waals surface area contributed by atoms with Gasteiger partial charge in [-0.1, -0.05) is 122 Å². The van der Waals surface area contributed by atoms with Crippen molar-refractivity contribution in [3.63, 3.8) is 0 Å². The number of benzene rings is 7. The van der Waals surface area contributed by atoms with E-state index in [-0.39, 0.29) is 5.41 Å². The summed E-state index contributed by atoms with van der Waals surface area (Å²) in [5.74, 6) is 0. The molecular formula is C47H38N2. The highest BCUT2D eigenvalue weighted by Gasteiger charge is 2.28. The lowest BCUT2D eigenvalue weighted by Crippen LogP contribution is -2.21. The van der Waals surface area contributed by atoms with Gasteiger partial charge in [0.05, 0.1) is 27.8 Å². The van der Waals surface area contributed by atoms with Crippen LogP contribution in [-0.4, -0.2) is 9.13 Å². The van der Waals surface area contributed by atoms with E-state index < -0.39 is 0 Å². The summed E-state index contributed by atoms with van der Waals surface area (Å²) in [4.78, 5) is 0. The van der Waals surface area contributed by atoms with Crippen LogP contribution < -0.4 is 0 Å². The first-order valence-electron chi connectivity index (χ1n) is 17.2. The molecule has 0 saturated heterocycles. The number of aromatic nitrogens is 2. The third kappa shape index (κ3) is 4.63. The molecule has 0 aliphatic heterocycles. The molecule has 0 fully saturated rings. The Hall–Kier alpha value is -5.86. The highest BCUT2D eigenvalue weighted by molar-refractivity contribution is 6.13. The maximum absolute atomic E-state index is 2.49. The average Bonchev–Trinajstić information content (AvgIpc) is 3.63. The van der Waals surface area contributed by atoms with E-state index in [1.165, 1.54) is 88.4 Å². The largest absolute Gasteiger partial charge is 0.309 e. The van der Waals surface area contributed by atoms with E-state index in [1.807, 2.05) is 0 Å². The van der Waals surface area contributed by atoms with Gasteiger partial charge >= 0.3 is 0 Å². The standard InChI is InChI=1S/C47H38N2/c1-31-19-23-42-37(27-31)38-28-32(2)20-24-43(38)48(42)36-22-26-45-40(30-36)39-29-34(33-13-7-5-8-14-33)21-25-44(39)49(45)46-18-12-11-17-41(46)47(3,4)35-15-9-6-10-16-35/h5-30H,1-4H3. The van der Waals surface area contributed by atoms with E-state index >= 15 is 0 Å². The van der Waals surface area contributed by atoms with Crippen molar-refractivity contribution in [3.05, 3.63) is 180 Å². The molecule has 0 saturated carbocycles. The quantitative estimate of drug-likeness (QED) is 0.179. The van der Waals surface area contributed by atoms with Crippen molar-refractivity contribution in [2.45, 2.75) is 33.1 Å². The summed E-state index contributed by atoms with van der Waals surface area (Å²) in [7, 11) is 0. The minimum atomic E-state index is -0.204. The number of hydrogen-bond donors (Lipinski definition) is 0. The van der Waals surface area contributed by atoms with Crippen molar-refractivity contribution in [1.82, 2.24) is 9.13 Å². The Kier molecular flexibility index (Phi) is 6.64. The zero-order valence-corrected chi connectivity index (χ0v) is 28.4. The fraction of sp³-hybridized carbons (Fsp3) is 0.106. The molecule has 7 aromatic carbocycles. The van der Waals surface area contributed by atoms with Gasteiger partial charge in [-0.05, 0) is 96.8 Å². The predicted octanol–water partition coefficient (Wildman–Crippen LogP) is 12.5. The molecule has 0 amide bonds. The molecule has 0 atom stereocenters. The summed E-state index contributed by atoms with van der Waals surface area (Å²) in [6, 6.07) is 58.2. The number of hydrogen-bond acceptors (Lipinski definition) is 0. The van der Waals surface area contributed by atoms with E-state index in [1.54, 1.807) is 0 Å². The van der Waals surface area contributed by atoms with Gasteiger partial charge in [0.25, 0.3) is 0 Å². The van der Waals surface area contributed by atoms with Crippen LogP contribution in [0, 0.1) is 13.8 Å². The van der Waals surface area contributed by atoms with Gasteiger partial charge in [0, 0.05) is 32.6 Å². The van der Waals surface area contributed by atoms with Crippen molar-refractivity contribution >= 4 is 43.6 Å². The highest BCUT2D eigenvalue weighted by atomic mass is 15.0. The van der Waals surface area contributed by atoms with Gasteiger partial charge in [0.2, 0.25) is 0 Å². The molecule has 0 radical (unpaired) electrons. The number of rotatable bonds is 5. The third-order valence-electron chi connectivity index (χ3n) is 10.5. The second-order valence-electron chi connectivity index (χ2n) is 14.0. The first kappa shape index (κ1) is 29.3. The molecule has 2 heteroatoms. The van der Waals surface area contributed by atoms with Gasteiger partial charge in [-0.25, -0.2) is 0 Å². The van der Waals surface area contributed by atoms with Gasteiger partial charge in [0.1, 0.15) is 0 Å². The van der Waals surface area contributed by atoms with Crippen LogP contribution in [0.15, 0.2) is 158 Å². The Balaban J connectivity index is 1.35. The van der Waals surface area contributed by atoms with E-state index in [0.717, 1.165) is 0 Å². The maximum Gasteiger partial charge on any atom is 0.0542 e.